The molecule has 3 heterocycles. The van der Waals surface area contributed by atoms with Crippen LogP contribution in [0.15, 0.2) is 35.3 Å². The number of benzene rings is 1. The van der Waals surface area contributed by atoms with Gasteiger partial charge in [0.05, 0.1) is 30.5 Å². The van der Waals surface area contributed by atoms with Gasteiger partial charge in [-0.1, -0.05) is 30.3 Å². The summed E-state index contributed by atoms with van der Waals surface area (Å²) in [6.45, 7) is 5.66. The largest absolute Gasteiger partial charge is 0.373 e. The average Bonchev–Trinajstić information content (AvgIpc) is 3.36. The average molecular weight is 498 g/mol. The first-order valence-corrected chi connectivity index (χ1v) is 10.3. The van der Waals surface area contributed by atoms with Crippen LogP contribution in [-0.2, 0) is 11.3 Å². The Bertz CT molecular complexity index is 780. The topological polar surface area (TPSA) is 58.5 Å². The maximum atomic E-state index is 5.94. The van der Waals surface area contributed by atoms with Gasteiger partial charge in [0.2, 0.25) is 0 Å². The number of rotatable bonds is 5. The molecule has 2 saturated heterocycles. The van der Waals surface area contributed by atoms with Crippen LogP contribution in [0.5, 0.6) is 0 Å². The molecule has 2 bridgehead atoms. The minimum atomic E-state index is 0. The molecule has 7 heteroatoms. The highest BCUT2D eigenvalue weighted by molar-refractivity contribution is 14.0. The van der Waals surface area contributed by atoms with E-state index in [-0.39, 0.29) is 24.0 Å². The summed E-state index contributed by atoms with van der Waals surface area (Å²) in [7, 11) is 0. The van der Waals surface area contributed by atoms with Crippen LogP contribution in [0.25, 0.3) is 10.6 Å². The van der Waals surface area contributed by atoms with Crippen molar-refractivity contribution < 1.29 is 4.74 Å². The van der Waals surface area contributed by atoms with Gasteiger partial charge in [0.25, 0.3) is 0 Å². The van der Waals surface area contributed by atoms with Crippen LogP contribution in [0, 0.1) is 6.92 Å². The van der Waals surface area contributed by atoms with Gasteiger partial charge >= 0.3 is 0 Å². The molecular formula is C20H27IN4OS. The van der Waals surface area contributed by atoms with Gasteiger partial charge in [0.1, 0.15) is 5.01 Å². The smallest absolute Gasteiger partial charge is 0.191 e. The van der Waals surface area contributed by atoms with Crippen LogP contribution >= 0.6 is 35.3 Å². The lowest BCUT2D eigenvalue weighted by Crippen LogP contribution is -2.47. The highest BCUT2D eigenvalue weighted by atomic mass is 127. The summed E-state index contributed by atoms with van der Waals surface area (Å²) in [4.78, 5) is 10.7. The van der Waals surface area contributed by atoms with Crippen LogP contribution in [0.1, 0.15) is 36.8 Å². The van der Waals surface area contributed by atoms with Gasteiger partial charge < -0.3 is 15.4 Å². The minimum absolute atomic E-state index is 0. The highest BCUT2D eigenvalue weighted by Gasteiger charge is 2.41. The first-order chi connectivity index (χ1) is 12.7. The SMILES string of the molecule is CCNC(=NCc1sc(-c2ccccc2)nc1C)NC1CC2CCC1O2.I. The lowest BCUT2D eigenvalue weighted by Gasteiger charge is -2.22. The molecule has 3 unspecified atom stereocenters. The first-order valence-electron chi connectivity index (χ1n) is 9.45. The van der Waals surface area contributed by atoms with Gasteiger partial charge in [0.15, 0.2) is 5.96 Å². The third-order valence-corrected chi connectivity index (χ3v) is 6.26. The Morgan fingerprint density at radius 3 is 2.78 bits per heavy atom. The van der Waals surface area contributed by atoms with E-state index in [4.69, 9.17) is 14.7 Å². The molecule has 2 fully saturated rings. The summed E-state index contributed by atoms with van der Waals surface area (Å²) in [5.41, 5.74) is 2.23. The number of nitrogens with zero attached hydrogens (tertiary/aromatic N) is 2. The number of fused-ring (bicyclic) bond motifs is 2. The molecule has 4 rings (SSSR count). The number of aliphatic imine (C=N–C) groups is 1. The van der Waals surface area contributed by atoms with Crippen molar-refractivity contribution in [1.82, 2.24) is 15.6 Å². The fourth-order valence-electron chi connectivity index (χ4n) is 3.72. The van der Waals surface area contributed by atoms with E-state index >= 15 is 0 Å². The molecule has 0 radical (unpaired) electrons. The molecule has 2 N–H and O–H groups in total. The Morgan fingerprint density at radius 1 is 1.30 bits per heavy atom. The number of guanidine groups is 1. The van der Waals surface area contributed by atoms with Gasteiger partial charge in [-0.3, -0.25) is 0 Å². The Kier molecular flexibility index (Phi) is 7.10. The molecule has 27 heavy (non-hydrogen) atoms. The third kappa shape index (κ3) is 4.81. The van der Waals surface area contributed by atoms with Crippen LogP contribution in [-0.4, -0.2) is 35.7 Å². The van der Waals surface area contributed by atoms with E-state index in [0.717, 1.165) is 36.0 Å². The Balaban J connectivity index is 0.00000210. The molecule has 3 atom stereocenters. The summed E-state index contributed by atoms with van der Waals surface area (Å²) in [6, 6.07) is 10.7. The fourth-order valence-corrected chi connectivity index (χ4v) is 4.71. The van der Waals surface area contributed by atoms with E-state index in [1.54, 1.807) is 11.3 Å². The van der Waals surface area contributed by atoms with Crippen LogP contribution in [0.3, 0.4) is 0 Å². The molecule has 0 amide bonds. The molecule has 5 nitrogen and oxygen atoms in total. The highest BCUT2D eigenvalue weighted by Crippen LogP contribution is 2.34. The number of hydrogen-bond acceptors (Lipinski definition) is 4. The molecular weight excluding hydrogens is 471 g/mol. The van der Waals surface area contributed by atoms with Crippen molar-refractivity contribution in [3.05, 3.63) is 40.9 Å². The molecule has 2 aliphatic rings. The zero-order valence-corrected chi connectivity index (χ0v) is 18.9. The Labute approximate surface area is 182 Å². The summed E-state index contributed by atoms with van der Waals surface area (Å²) in [5, 5.41) is 8.00. The van der Waals surface area contributed by atoms with Gasteiger partial charge in [-0.15, -0.1) is 35.3 Å². The molecule has 146 valence electrons. The number of ether oxygens (including phenoxy) is 1. The van der Waals surface area contributed by atoms with E-state index < -0.39 is 0 Å². The molecule has 2 aliphatic heterocycles. The van der Waals surface area contributed by atoms with Crippen molar-refractivity contribution in [1.29, 1.82) is 0 Å². The quantitative estimate of drug-likeness (QED) is 0.370. The van der Waals surface area contributed by atoms with Crippen LogP contribution in [0.2, 0.25) is 0 Å². The van der Waals surface area contributed by atoms with Gasteiger partial charge in [0, 0.05) is 17.0 Å². The maximum absolute atomic E-state index is 5.94. The molecule has 0 saturated carbocycles. The normalized spacial score (nSPS) is 23.9. The number of halogens is 1. The zero-order chi connectivity index (χ0) is 17.9. The van der Waals surface area contributed by atoms with E-state index in [0.29, 0.717) is 24.8 Å². The second kappa shape index (κ2) is 9.34. The summed E-state index contributed by atoms with van der Waals surface area (Å²) < 4.78 is 5.94. The first kappa shape index (κ1) is 20.5. The Hall–Kier alpha value is -1.19. The standard InChI is InChI=1S/C20H26N4OS.HI/c1-3-21-20(24-16-11-15-9-10-17(16)25-15)22-12-18-13(2)23-19(26-18)14-7-5-4-6-8-14;/h4-8,15-17H,3,9-12H2,1-2H3,(H2,21,22,24);1H. The van der Waals surface area contributed by atoms with Crippen LogP contribution < -0.4 is 10.6 Å². The van der Waals surface area contributed by atoms with E-state index in [9.17, 15) is 0 Å². The number of thiazole rings is 1. The minimum Gasteiger partial charge on any atom is -0.373 e. The van der Waals surface area contributed by atoms with Crippen molar-refractivity contribution in [2.45, 2.75) is 57.9 Å². The molecule has 2 aromatic rings. The second-order valence-corrected chi connectivity index (χ2v) is 8.03. The van der Waals surface area contributed by atoms with Crippen molar-refractivity contribution in [2.24, 2.45) is 4.99 Å². The number of aryl methyl sites for hydroxylation is 1. The number of hydrogen-bond donors (Lipinski definition) is 2. The fraction of sp³-hybridized carbons (Fsp3) is 0.500. The summed E-state index contributed by atoms with van der Waals surface area (Å²) in [6.07, 6.45) is 4.25. The lowest BCUT2D eigenvalue weighted by molar-refractivity contribution is 0.0992. The molecule has 0 aliphatic carbocycles. The van der Waals surface area contributed by atoms with Crippen LogP contribution in [0.4, 0.5) is 0 Å². The van der Waals surface area contributed by atoms with E-state index in [1.165, 1.54) is 16.9 Å². The maximum Gasteiger partial charge on any atom is 0.191 e. The van der Waals surface area contributed by atoms with Gasteiger partial charge in [-0.05, 0) is 33.1 Å². The molecule has 0 spiro atoms. The molecule has 1 aromatic heterocycles. The molecule has 1 aromatic carbocycles. The predicted octanol–water partition coefficient (Wildman–Crippen LogP) is 4.11. The summed E-state index contributed by atoms with van der Waals surface area (Å²) >= 11 is 1.73. The zero-order valence-electron chi connectivity index (χ0n) is 15.8. The second-order valence-electron chi connectivity index (χ2n) is 6.95. The van der Waals surface area contributed by atoms with Gasteiger partial charge in [-0.2, -0.15) is 0 Å². The summed E-state index contributed by atoms with van der Waals surface area (Å²) in [5.74, 6) is 0.878. The van der Waals surface area contributed by atoms with Crippen molar-refractivity contribution in [2.75, 3.05) is 6.54 Å². The van der Waals surface area contributed by atoms with E-state index in [1.807, 2.05) is 6.07 Å². The van der Waals surface area contributed by atoms with Crippen molar-refractivity contribution in [3.63, 3.8) is 0 Å². The third-order valence-electron chi connectivity index (χ3n) is 5.07. The predicted molar refractivity (Wildman–Crippen MR) is 122 cm³/mol. The van der Waals surface area contributed by atoms with Crippen molar-refractivity contribution >= 4 is 41.3 Å². The number of nitrogens with one attached hydrogen (secondary N) is 2. The Morgan fingerprint density at radius 2 is 2.11 bits per heavy atom. The van der Waals surface area contributed by atoms with Crippen molar-refractivity contribution in [3.8, 4) is 10.6 Å². The van der Waals surface area contributed by atoms with Gasteiger partial charge in [-0.25, -0.2) is 9.98 Å². The lowest BCUT2D eigenvalue weighted by atomic mass is 9.96. The monoisotopic (exact) mass is 498 g/mol. The van der Waals surface area contributed by atoms with E-state index in [2.05, 4.69) is 48.7 Å². The number of aromatic nitrogens is 1.